The van der Waals surface area contributed by atoms with E-state index in [1.807, 2.05) is 36.4 Å². The second-order valence-corrected chi connectivity index (χ2v) is 8.35. The highest BCUT2D eigenvalue weighted by Crippen LogP contribution is 2.24. The molecule has 0 amide bonds. The molecule has 0 aliphatic carbocycles. The molecule has 0 saturated carbocycles. The fourth-order valence-electron chi connectivity index (χ4n) is 3.39. The van der Waals surface area contributed by atoms with Crippen molar-refractivity contribution in [2.24, 2.45) is 0 Å². The predicted molar refractivity (Wildman–Crippen MR) is 140 cm³/mol. The van der Waals surface area contributed by atoms with E-state index >= 15 is 0 Å². The number of ether oxygens (including phenoxy) is 4. The summed E-state index contributed by atoms with van der Waals surface area (Å²) in [7, 11) is 1.59. The molecule has 3 aromatic carbocycles. The van der Waals surface area contributed by atoms with E-state index in [0.29, 0.717) is 35.8 Å². The van der Waals surface area contributed by atoms with Crippen LogP contribution in [-0.4, -0.2) is 32.3 Å². The Bertz CT molecular complexity index is 1130. The zero-order valence-electron chi connectivity index (χ0n) is 20.8. The summed E-state index contributed by atoms with van der Waals surface area (Å²) in [5.41, 5.74) is 2.93. The summed E-state index contributed by atoms with van der Waals surface area (Å²) in [5.74, 6) is 1.23. The summed E-state index contributed by atoms with van der Waals surface area (Å²) in [5, 5.41) is 0. The SMILES string of the molecule is C=C(C)C(=O)OCCCCCCOc1ccc(-c2ccc(C(=O)Oc3ccc(OC)cc3)cc2)cc1. The molecule has 0 aliphatic rings. The minimum absolute atomic E-state index is 0.329. The van der Waals surface area contributed by atoms with Crippen LogP contribution in [0.1, 0.15) is 43.0 Å². The first-order valence-corrected chi connectivity index (χ1v) is 12.0. The smallest absolute Gasteiger partial charge is 0.343 e. The van der Waals surface area contributed by atoms with Gasteiger partial charge in [-0.15, -0.1) is 0 Å². The fraction of sp³-hybridized carbons (Fsp3) is 0.267. The van der Waals surface area contributed by atoms with E-state index in [1.165, 1.54) is 0 Å². The van der Waals surface area contributed by atoms with Crippen molar-refractivity contribution in [1.29, 1.82) is 0 Å². The zero-order chi connectivity index (χ0) is 25.8. The summed E-state index contributed by atoms with van der Waals surface area (Å²) in [6.07, 6.45) is 3.77. The molecule has 6 nitrogen and oxygen atoms in total. The second kappa shape index (κ2) is 13.7. The van der Waals surface area contributed by atoms with Gasteiger partial charge in [0.15, 0.2) is 0 Å². The number of carbonyl (C=O) groups excluding carboxylic acids is 2. The summed E-state index contributed by atoms with van der Waals surface area (Å²) < 4.78 is 21.4. The van der Waals surface area contributed by atoms with Crippen LogP contribution in [0.5, 0.6) is 17.2 Å². The third-order valence-corrected chi connectivity index (χ3v) is 5.47. The lowest BCUT2D eigenvalue weighted by molar-refractivity contribution is -0.139. The van der Waals surface area contributed by atoms with Gasteiger partial charge in [-0.1, -0.05) is 30.8 Å². The monoisotopic (exact) mass is 488 g/mol. The molecular formula is C30H32O6. The molecule has 36 heavy (non-hydrogen) atoms. The Hall–Kier alpha value is -4.06. The highest BCUT2D eigenvalue weighted by atomic mass is 16.5. The Kier molecular flexibility index (Phi) is 10.1. The number of hydrogen-bond acceptors (Lipinski definition) is 6. The fourth-order valence-corrected chi connectivity index (χ4v) is 3.39. The largest absolute Gasteiger partial charge is 0.497 e. The normalized spacial score (nSPS) is 10.4. The lowest BCUT2D eigenvalue weighted by atomic mass is 10.0. The molecular weight excluding hydrogens is 456 g/mol. The van der Waals surface area contributed by atoms with Crippen LogP contribution >= 0.6 is 0 Å². The Balaban J connectivity index is 1.39. The second-order valence-electron chi connectivity index (χ2n) is 8.35. The van der Waals surface area contributed by atoms with Gasteiger partial charge in [-0.25, -0.2) is 9.59 Å². The summed E-state index contributed by atoms with van der Waals surface area (Å²) in [4.78, 5) is 23.7. The predicted octanol–water partition coefficient (Wildman–Crippen LogP) is 6.64. The van der Waals surface area contributed by atoms with Crippen molar-refractivity contribution in [3.05, 3.63) is 90.5 Å². The average Bonchev–Trinajstić information content (AvgIpc) is 2.91. The Morgan fingerprint density at radius 2 is 1.22 bits per heavy atom. The van der Waals surface area contributed by atoms with E-state index in [2.05, 4.69) is 6.58 Å². The molecule has 0 atom stereocenters. The van der Waals surface area contributed by atoms with Gasteiger partial charge in [0.1, 0.15) is 17.2 Å². The molecule has 0 unspecified atom stereocenters. The first-order valence-electron chi connectivity index (χ1n) is 12.0. The number of esters is 2. The molecule has 3 rings (SSSR count). The number of unbranched alkanes of at least 4 members (excludes halogenated alkanes) is 3. The molecule has 188 valence electrons. The molecule has 0 aliphatic heterocycles. The van der Waals surface area contributed by atoms with Crippen LogP contribution in [0.2, 0.25) is 0 Å². The van der Waals surface area contributed by atoms with Gasteiger partial charge in [-0.05, 0) is 92.3 Å². The molecule has 0 saturated heterocycles. The molecule has 0 bridgehead atoms. The van der Waals surface area contributed by atoms with Crippen LogP contribution in [0, 0.1) is 0 Å². The van der Waals surface area contributed by atoms with Crippen molar-refractivity contribution in [3.63, 3.8) is 0 Å². The summed E-state index contributed by atoms with van der Waals surface area (Å²) >= 11 is 0. The maximum atomic E-state index is 12.4. The van der Waals surface area contributed by atoms with Gasteiger partial charge in [-0.3, -0.25) is 0 Å². The van der Waals surface area contributed by atoms with Crippen molar-refractivity contribution in [3.8, 4) is 28.4 Å². The Morgan fingerprint density at radius 3 is 1.81 bits per heavy atom. The highest BCUT2D eigenvalue weighted by molar-refractivity contribution is 5.91. The van der Waals surface area contributed by atoms with E-state index in [4.69, 9.17) is 18.9 Å². The van der Waals surface area contributed by atoms with E-state index < -0.39 is 5.97 Å². The van der Waals surface area contributed by atoms with Gasteiger partial charge in [-0.2, -0.15) is 0 Å². The maximum Gasteiger partial charge on any atom is 0.343 e. The lowest BCUT2D eigenvalue weighted by Crippen LogP contribution is -2.08. The van der Waals surface area contributed by atoms with Gasteiger partial charge in [0.2, 0.25) is 0 Å². The number of methoxy groups -OCH3 is 1. The molecule has 0 aromatic heterocycles. The molecule has 0 radical (unpaired) electrons. The number of hydrogen-bond donors (Lipinski definition) is 0. The molecule has 6 heteroatoms. The lowest BCUT2D eigenvalue weighted by Gasteiger charge is -2.09. The highest BCUT2D eigenvalue weighted by Gasteiger charge is 2.09. The summed E-state index contributed by atoms with van der Waals surface area (Å²) in [6, 6.07) is 22.1. The third-order valence-electron chi connectivity index (χ3n) is 5.47. The molecule has 0 spiro atoms. The van der Waals surface area contributed by atoms with Gasteiger partial charge < -0.3 is 18.9 Å². The minimum Gasteiger partial charge on any atom is -0.497 e. The Morgan fingerprint density at radius 1 is 0.694 bits per heavy atom. The molecule has 0 N–H and O–H groups in total. The van der Waals surface area contributed by atoms with E-state index in [9.17, 15) is 9.59 Å². The molecule has 3 aromatic rings. The minimum atomic E-state index is -0.414. The first-order chi connectivity index (χ1) is 17.5. The average molecular weight is 489 g/mol. The summed E-state index contributed by atoms with van der Waals surface area (Å²) in [6.45, 7) is 6.27. The molecule has 0 fully saturated rings. The number of rotatable bonds is 13. The van der Waals surface area contributed by atoms with Crippen LogP contribution < -0.4 is 14.2 Å². The van der Waals surface area contributed by atoms with E-state index in [-0.39, 0.29) is 5.97 Å². The van der Waals surface area contributed by atoms with E-state index in [1.54, 1.807) is 50.4 Å². The van der Waals surface area contributed by atoms with Gasteiger partial charge >= 0.3 is 11.9 Å². The van der Waals surface area contributed by atoms with Crippen molar-refractivity contribution in [2.45, 2.75) is 32.6 Å². The van der Waals surface area contributed by atoms with Crippen molar-refractivity contribution < 1.29 is 28.5 Å². The third kappa shape index (κ3) is 8.31. The maximum absolute atomic E-state index is 12.4. The zero-order valence-corrected chi connectivity index (χ0v) is 20.8. The van der Waals surface area contributed by atoms with Crippen LogP contribution in [0.15, 0.2) is 84.9 Å². The van der Waals surface area contributed by atoms with Gasteiger partial charge in [0.05, 0.1) is 25.9 Å². The van der Waals surface area contributed by atoms with Gasteiger partial charge in [0, 0.05) is 5.57 Å². The van der Waals surface area contributed by atoms with E-state index in [0.717, 1.165) is 42.6 Å². The van der Waals surface area contributed by atoms with Gasteiger partial charge in [0.25, 0.3) is 0 Å². The molecule has 0 heterocycles. The van der Waals surface area contributed by atoms with Crippen LogP contribution in [0.4, 0.5) is 0 Å². The van der Waals surface area contributed by atoms with Crippen LogP contribution in [0.3, 0.4) is 0 Å². The number of benzene rings is 3. The Labute approximate surface area is 212 Å². The van der Waals surface area contributed by atoms with Crippen LogP contribution in [0.25, 0.3) is 11.1 Å². The number of carbonyl (C=O) groups is 2. The van der Waals surface area contributed by atoms with Crippen molar-refractivity contribution in [1.82, 2.24) is 0 Å². The topological polar surface area (TPSA) is 71.1 Å². The standard InChI is InChI=1S/C30H32O6/c1-22(2)29(31)35-21-7-5-4-6-20-34-27-14-12-24(13-15-27)23-8-10-25(11-9-23)30(32)36-28-18-16-26(33-3)17-19-28/h8-19H,1,4-7,20-21H2,2-3H3. The van der Waals surface area contributed by atoms with Crippen LogP contribution in [-0.2, 0) is 9.53 Å². The van der Waals surface area contributed by atoms with Crippen molar-refractivity contribution >= 4 is 11.9 Å². The quantitative estimate of drug-likeness (QED) is 0.116. The first kappa shape index (κ1) is 26.5. The van der Waals surface area contributed by atoms with Crippen molar-refractivity contribution in [2.75, 3.05) is 20.3 Å².